The van der Waals surface area contributed by atoms with Crippen molar-refractivity contribution in [2.24, 2.45) is 0 Å². The number of imide groups is 1. The number of nitrogens with zero attached hydrogens (tertiary/aromatic N) is 9. The largest absolute Gasteiger partial charge is 0.385 e. The van der Waals surface area contributed by atoms with E-state index in [0.29, 0.717) is 80.1 Å². The van der Waals surface area contributed by atoms with Crippen LogP contribution in [0.15, 0.2) is 67.0 Å². The Balaban J connectivity index is 0.000000799. The Kier molecular flexibility index (Phi) is 12.2. The topological polar surface area (TPSA) is 147 Å². The molecule has 5 aliphatic rings. The first-order valence-corrected chi connectivity index (χ1v) is 22.0. The minimum Gasteiger partial charge on any atom is -0.385 e. The van der Waals surface area contributed by atoms with Gasteiger partial charge in [-0.25, -0.2) is 27.5 Å². The fourth-order valence-electron chi connectivity index (χ4n) is 9.27. The molecular formula is C45H50ClF3N12O3. The quantitative estimate of drug-likeness (QED) is 0.146. The van der Waals surface area contributed by atoms with Crippen LogP contribution in [0.1, 0.15) is 40.9 Å². The number of alkyl halides is 3. The second-order valence-electron chi connectivity index (χ2n) is 16.8. The van der Waals surface area contributed by atoms with Crippen LogP contribution >= 0.6 is 11.6 Å². The minimum atomic E-state index is -2.91. The van der Waals surface area contributed by atoms with Crippen LogP contribution in [0.5, 0.6) is 0 Å². The van der Waals surface area contributed by atoms with E-state index >= 15 is 8.78 Å². The first-order chi connectivity index (χ1) is 30.9. The highest BCUT2D eigenvalue weighted by molar-refractivity contribution is 6.34. The van der Waals surface area contributed by atoms with E-state index in [-0.39, 0.29) is 31.5 Å². The van der Waals surface area contributed by atoms with Crippen molar-refractivity contribution in [3.8, 4) is 11.3 Å². The highest BCUT2D eigenvalue weighted by atomic mass is 35.5. The van der Waals surface area contributed by atoms with Crippen molar-refractivity contribution < 1.29 is 27.6 Å². The second kappa shape index (κ2) is 18.0. The third-order valence-corrected chi connectivity index (χ3v) is 13.1. The number of pyridine rings is 1. The molecule has 15 nitrogen and oxygen atoms in total. The van der Waals surface area contributed by atoms with Gasteiger partial charge in [-0.3, -0.25) is 34.6 Å². The Morgan fingerprint density at radius 1 is 0.922 bits per heavy atom. The number of imidazole rings is 1. The van der Waals surface area contributed by atoms with Gasteiger partial charge in [0.1, 0.15) is 11.9 Å². The summed E-state index contributed by atoms with van der Waals surface area (Å²) in [6, 6.07) is 16.2. The fourth-order valence-corrected chi connectivity index (χ4v) is 9.49. The summed E-state index contributed by atoms with van der Waals surface area (Å²) in [5.41, 5.74) is 8.01. The normalized spacial score (nSPS) is 22.2. The van der Waals surface area contributed by atoms with Gasteiger partial charge in [-0.15, -0.1) is 5.10 Å². The summed E-state index contributed by atoms with van der Waals surface area (Å²) in [6.07, 6.45) is 5.61. The third-order valence-electron chi connectivity index (χ3n) is 12.8. The zero-order valence-corrected chi connectivity index (χ0v) is 36.4. The van der Waals surface area contributed by atoms with E-state index in [1.165, 1.54) is 16.7 Å². The Morgan fingerprint density at radius 2 is 1.72 bits per heavy atom. The van der Waals surface area contributed by atoms with Crippen LogP contribution in [0.4, 0.5) is 46.5 Å². The predicted molar refractivity (Wildman–Crippen MR) is 240 cm³/mol. The number of hydrogen-bond acceptors (Lipinski definition) is 12. The van der Waals surface area contributed by atoms with Crippen molar-refractivity contribution in [1.82, 2.24) is 40.0 Å². The molecule has 0 bridgehead atoms. The van der Waals surface area contributed by atoms with E-state index in [0.717, 1.165) is 53.0 Å². The molecule has 3 aromatic heterocycles. The molecule has 4 fully saturated rings. The van der Waals surface area contributed by atoms with Crippen molar-refractivity contribution >= 4 is 64.0 Å². The lowest BCUT2D eigenvalue weighted by atomic mass is 9.97. The number of carbonyl (C=O) groups is 3. The molecule has 336 valence electrons. The molecule has 5 aromatic rings. The van der Waals surface area contributed by atoms with Crippen LogP contribution < -0.4 is 30.7 Å². The van der Waals surface area contributed by atoms with Crippen LogP contribution in [0, 0.1) is 0 Å². The fraction of sp³-hybridized carbons (Fsp3) is 0.422. The van der Waals surface area contributed by atoms with Crippen molar-refractivity contribution in [3.05, 3.63) is 88.8 Å². The van der Waals surface area contributed by atoms with Crippen LogP contribution in [-0.2, 0) is 17.8 Å². The number of carbonyl (C=O) groups excluding carboxylic acids is 3. The molecule has 1 saturated carbocycles. The number of nitrogens with one attached hydrogen (secondary N) is 3. The molecule has 3 N–H and O–H groups in total. The van der Waals surface area contributed by atoms with Crippen molar-refractivity contribution in [1.29, 1.82) is 0 Å². The first kappa shape index (κ1) is 43.4. The SMILES string of the molecule is CNC1CC1F.CNc1cc(N2CCc3c(-c4ccc(N5CCN(C6CCN(Cc7ccc(Cl)c(N8CCC(=O)NC8=O)c7)CC6(F)F)CC5)cn4)cccc32)nn2c(C=O)cnc12. The molecule has 3 unspecified atom stereocenters. The maximum absolute atomic E-state index is 15.8. The molecular weight excluding hydrogens is 849 g/mol. The van der Waals surface area contributed by atoms with E-state index in [4.69, 9.17) is 21.7 Å². The number of aromatic nitrogens is 4. The van der Waals surface area contributed by atoms with Gasteiger partial charge in [-0.05, 0) is 67.8 Å². The van der Waals surface area contributed by atoms with Gasteiger partial charge < -0.3 is 20.4 Å². The molecule has 64 heavy (non-hydrogen) atoms. The third kappa shape index (κ3) is 8.71. The van der Waals surface area contributed by atoms with Gasteiger partial charge in [0.05, 0.1) is 52.8 Å². The van der Waals surface area contributed by atoms with Crippen molar-refractivity contribution in [2.45, 2.75) is 56.4 Å². The van der Waals surface area contributed by atoms with Crippen molar-refractivity contribution in [2.75, 3.05) is 86.5 Å². The lowest BCUT2D eigenvalue weighted by Gasteiger charge is -2.46. The molecule has 7 heterocycles. The molecule has 0 spiro atoms. The monoisotopic (exact) mass is 898 g/mol. The van der Waals surface area contributed by atoms with Crippen LogP contribution in [-0.4, -0.2) is 138 Å². The van der Waals surface area contributed by atoms with E-state index in [1.54, 1.807) is 34.7 Å². The lowest BCUT2D eigenvalue weighted by Crippen LogP contribution is -2.61. The number of likely N-dealkylation sites (tertiary alicyclic amines) is 1. The zero-order valence-electron chi connectivity index (χ0n) is 35.6. The van der Waals surface area contributed by atoms with Gasteiger partial charge in [0.2, 0.25) is 5.91 Å². The molecule has 2 aromatic carbocycles. The van der Waals surface area contributed by atoms with E-state index < -0.39 is 24.2 Å². The van der Waals surface area contributed by atoms with E-state index in [9.17, 15) is 18.8 Å². The number of rotatable bonds is 10. The number of halogens is 4. The predicted octanol–water partition coefficient (Wildman–Crippen LogP) is 5.79. The van der Waals surface area contributed by atoms with Crippen LogP contribution in [0.2, 0.25) is 5.02 Å². The summed E-state index contributed by atoms with van der Waals surface area (Å²) >= 11 is 6.40. The molecule has 10 rings (SSSR count). The molecule has 3 saturated heterocycles. The van der Waals surface area contributed by atoms with E-state index in [2.05, 4.69) is 48.9 Å². The number of hydrogen-bond donors (Lipinski definition) is 3. The van der Waals surface area contributed by atoms with Gasteiger partial charge in [0.15, 0.2) is 17.8 Å². The number of benzene rings is 2. The summed E-state index contributed by atoms with van der Waals surface area (Å²) in [4.78, 5) is 54.4. The van der Waals surface area contributed by atoms with E-state index in [1.807, 2.05) is 36.3 Å². The minimum absolute atomic E-state index is 0.162. The standard InChI is InChI=1S/C41H42ClF2N11O3.C4H8FN/c1-45-33-20-37(49-55-28(24-56)22-47-39(33)55)53-13-9-30-29(3-2-4-34(30)53)32-8-6-27(21-46-32)51-15-17-52(18-16-51)36-10-12-50(25-41(36,43)44)23-26-5-7-31(42)35(19-26)54-14-11-38(57)48-40(54)58;1-6-4-2-3(4)5/h2-8,19-22,24,36,45H,9-18,23,25H2,1H3,(H,48,57,58);3-4,6H,2H2,1H3. The average molecular weight is 899 g/mol. The van der Waals surface area contributed by atoms with Gasteiger partial charge in [0, 0.05) is 89.2 Å². The average Bonchev–Trinajstić information content (AvgIpc) is 3.62. The number of piperazine rings is 1. The number of urea groups is 1. The van der Waals surface area contributed by atoms with Gasteiger partial charge in [0.25, 0.3) is 5.92 Å². The number of fused-ring (bicyclic) bond motifs is 2. The first-order valence-electron chi connectivity index (χ1n) is 21.6. The Labute approximate surface area is 373 Å². The number of anilines is 5. The highest BCUT2D eigenvalue weighted by Gasteiger charge is 2.48. The molecule has 3 atom stereocenters. The lowest BCUT2D eigenvalue weighted by molar-refractivity contribution is -0.129. The summed E-state index contributed by atoms with van der Waals surface area (Å²) in [5.74, 6) is -2.54. The number of aldehydes is 1. The molecule has 19 heteroatoms. The number of amides is 3. The van der Waals surface area contributed by atoms with Gasteiger partial charge >= 0.3 is 6.03 Å². The Hall–Kier alpha value is -5.82. The van der Waals surface area contributed by atoms with Gasteiger partial charge in [-0.2, -0.15) is 0 Å². The summed E-state index contributed by atoms with van der Waals surface area (Å²) in [6.45, 7) is 3.64. The molecule has 0 radical (unpaired) electrons. The zero-order chi connectivity index (χ0) is 44.7. The molecule has 3 amide bonds. The van der Waals surface area contributed by atoms with Crippen LogP contribution in [0.25, 0.3) is 16.9 Å². The number of piperidine rings is 1. The smallest absolute Gasteiger partial charge is 0.328 e. The Bertz CT molecular complexity index is 2550. The second-order valence-corrected chi connectivity index (χ2v) is 17.2. The van der Waals surface area contributed by atoms with Crippen molar-refractivity contribution in [3.63, 3.8) is 0 Å². The summed E-state index contributed by atoms with van der Waals surface area (Å²) in [7, 11) is 3.60. The summed E-state index contributed by atoms with van der Waals surface area (Å²) < 4.78 is 45.0. The van der Waals surface area contributed by atoms with Crippen LogP contribution in [0.3, 0.4) is 0 Å². The Morgan fingerprint density at radius 3 is 2.39 bits per heavy atom. The van der Waals surface area contributed by atoms with Gasteiger partial charge in [-0.1, -0.05) is 29.8 Å². The highest BCUT2D eigenvalue weighted by Crippen LogP contribution is 2.40. The summed E-state index contributed by atoms with van der Waals surface area (Å²) in [5, 5.41) is 13.4. The molecule has 4 aliphatic heterocycles. The maximum atomic E-state index is 15.8. The maximum Gasteiger partial charge on any atom is 0.328 e. The molecule has 1 aliphatic carbocycles.